The molecule has 2 aliphatic rings. The molecular weight excluding hydrogens is 433 g/mol. The lowest BCUT2D eigenvalue weighted by molar-refractivity contribution is 0.0196. The van der Waals surface area contributed by atoms with E-state index in [1.165, 1.54) is 0 Å². The van der Waals surface area contributed by atoms with Crippen molar-refractivity contribution in [3.8, 4) is 5.75 Å². The lowest BCUT2D eigenvalue weighted by Crippen LogP contribution is -2.37. The van der Waals surface area contributed by atoms with E-state index in [1.54, 1.807) is 0 Å². The predicted octanol–water partition coefficient (Wildman–Crippen LogP) is 2.58. The SMILES string of the molecule is Cc1nc2c3c(c(NC4CCC(C)(O)CC4)nn2c1I)N(C)CCO3. The Kier molecular flexibility index (Phi) is 4.22. The molecule has 2 aromatic rings. The first-order chi connectivity index (χ1) is 11.9. The van der Waals surface area contributed by atoms with Crippen LogP contribution in [0.3, 0.4) is 0 Å². The van der Waals surface area contributed by atoms with Gasteiger partial charge in [-0.25, -0.2) is 9.50 Å². The van der Waals surface area contributed by atoms with Crippen LogP contribution in [0.5, 0.6) is 5.75 Å². The second kappa shape index (κ2) is 6.15. The molecule has 0 amide bonds. The summed E-state index contributed by atoms with van der Waals surface area (Å²) in [5.74, 6) is 1.65. The zero-order valence-electron chi connectivity index (χ0n) is 14.8. The van der Waals surface area contributed by atoms with Crippen molar-refractivity contribution in [1.29, 1.82) is 0 Å². The zero-order chi connectivity index (χ0) is 17.8. The molecule has 25 heavy (non-hydrogen) atoms. The molecule has 0 unspecified atom stereocenters. The first kappa shape index (κ1) is 17.1. The van der Waals surface area contributed by atoms with Crippen LogP contribution in [0, 0.1) is 10.6 Å². The van der Waals surface area contributed by atoms with Crippen molar-refractivity contribution in [1.82, 2.24) is 14.6 Å². The number of fused-ring (bicyclic) bond motifs is 3. The summed E-state index contributed by atoms with van der Waals surface area (Å²) in [7, 11) is 2.07. The number of imidazole rings is 1. The van der Waals surface area contributed by atoms with E-state index in [2.05, 4.69) is 44.8 Å². The molecule has 7 nitrogen and oxygen atoms in total. The molecule has 136 valence electrons. The number of aliphatic hydroxyl groups is 1. The quantitative estimate of drug-likeness (QED) is 0.676. The number of halogens is 1. The molecule has 4 rings (SSSR count). The molecule has 0 saturated heterocycles. The third-order valence-electron chi connectivity index (χ3n) is 5.26. The Labute approximate surface area is 160 Å². The summed E-state index contributed by atoms with van der Waals surface area (Å²) in [6, 6.07) is 0.312. The van der Waals surface area contributed by atoms with Crippen molar-refractivity contribution in [3.63, 3.8) is 0 Å². The fraction of sp³-hybridized carbons (Fsp3) is 0.647. The van der Waals surface area contributed by atoms with Gasteiger partial charge in [0.2, 0.25) is 0 Å². The second-order valence-electron chi connectivity index (χ2n) is 7.44. The molecule has 0 radical (unpaired) electrons. The number of nitrogens with one attached hydrogen (secondary N) is 1. The van der Waals surface area contributed by atoms with Crippen LogP contribution < -0.4 is 15.0 Å². The number of aromatic nitrogens is 3. The van der Waals surface area contributed by atoms with Crippen molar-refractivity contribution in [2.75, 3.05) is 30.4 Å². The molecule has 2 aromatic heterocycles. The Morgan fingerprint density at radius 2 is 2.08 bits per heavy atom. The molecule has 1 aliphatic carbocycles. The van der Waals surface area contributed by atoms with E-state index in [-0.39, 0.29) is 0 Å². The minimum atomic E-state index is -0.536. The summed E-state index contributed by atoms with van der Waals surface area (Å²) in [6.07, 6.45) is 3.49. The van der Waals surface area contributed by atoms with Gasteiger partial charge in [-0.05, 0) is 62.1 Å². The van der Waals surface area contributed by atoms with Gasteiger partial charge in [-0.1, -0.05) is 0 Å². The number of ether oxygens (including phenoxy) is 1. The van der Waals surface area contributed by atoms with Gasteiger partial charge in [0.05, 0.1) is 17.8 Å². The standard InChI is InChI=1S/C17H24IN5O2/c1-10-14(18)23-16(19-10)13-12(22(3)8-9-25-13)15(21-23)20-11-4-6-17(2,24)7-5-11/h11,24H,4-9H2,1-3H3,(H,20,21). The van der Waals surface area contributed by atoms with Crippen LogP contribution in [-0.4, -0.2) is 51.5 Å². The van der Waals surface area contributed by atoms with Crippen LogP contribution in [0.25, 0.3) is 5.65 Å². The lowest BCUT2D eigenvalue weighted by Gasteiger charge is -2.35. The normalized spacial score (nSPS) is 26.4. The number of hydrogen-bond acceptors (Lipinski definition) is 6. The van der Waals surface area contributed by atoms with Gasteiger partial charge in [-0.3, -0.25) is 0 Å². The molecule has 8 heteroatoms. The van der Waals surface area contributed by atoms with Crippen molar-refractivity contribution >= 4 is 39.7 Å². The first-order valence-electron chi connectivity index (χ1n) is 8.77. The van der Waals surface area contributed by atoms with Gasteiger partial charge in [0.1, 0.15) is 16.0 Å². The maximum Gasteiger partial charge on any atom is 0.200 e. The summed E-state index contributed by atoms with van der Waals surface area (Å²) in [4.78, 5) is 6.83. The first-order valence-corrected chi connectivity index (χ1v) is 9.85. The van der Waals surface area contributed by atoms with E-state index in [4.69, 9.17) is 9.84 Å². The molecule has 2 N–H and O–H groups in total. The number of likely N-dealkylation sites (N-methyl/N-ethyl adjacent to an activating group) is 1. The Morgan fingerprint density at radius 3 is 2.80 bits per heavy atom. The summed E-state index contributed by atoms with van der Waals surface area (Å²) >= 11 is 2.28. The highest BCUT2D eigenvalue weighted by molar-refractivity contribution is 14.1. The summed E-state index contributed by atoms with van der Waals surface area (Å²) in [5.41, 5.74) is 2.18. The van der Waals surface area contributed by atoms with Gasteiger partial charge in [-0.2, -0.15) is 0 Å². The Morgan fingerprint density at radius 1 is 1.36 bits per heavy atom. The van der Waals surface area contributed by atoms with Crippen LogP contribution in [0.2, 0.25) is 0 Å². The van der Waals surface area contributed by atoms with Crippen LogP contribution in [0.15, 0.2) is 0 Å². The molecule has 1 fully saturated rings. The summed E-state index contributed by atoms with van der Waals surface area (Å²) in [5, 5.41) is 18.6. The topological polar surface area (TPSA) is 74.9 Å². The molecule has 0 atom stereocenters. The van der Waals surface area contributed by atoms with E-state index in [0.717, 1.165) is 64.5 Å². The molecule has 0 aromatic carbocycles. The van der Waals surface area contributed by atoms with Crippen LogP contribution in [0.1, 0.15) is 38.3 Å². The minimum absolute atomic E-state index is 0.312. The van der Waals surface area contributed by atoms with E-state index in [9.17, 15) is 5.11 Å². The van der Waals surface area contributed by atoms with Gasteiger partial charge < -0.3 is 20.1 Å². The zero-order valence-corrected chi connectivity index (χ0v) is 17.0. The molecule has 1 aliphatic heterocycles. The van der Waals surface area contributed by atoms with Gasteiger partial charge in [0.15, 0.2) is 17.2 Å². The average molecular weight is 457 g/mol. The molecule has 1 saturated carbocycles. The highest BCUT2D eigenvalue weighted by Crippen LogP contribution is 2.41. The van der Waals surface area contributed by atoms with Crippen molar-refractivity contribution in [2.45, 2.75) is 51.2 Å². The van der Waals surface area contributed by atoms with E-state index in [1.807, 2.05) is 18.4 Å². The highest BCUT2D eigenvalue weighted by Gasteiger charge is 2.31. The maximum absolute atomic E-state index is 10.2. The van der Waals surface area contributed by atoms with Crippen molar-refractivity contribution < 1.29 is 9.84 Å². The Hall–Kier alpha value is -1.29. The number of anilines is 2. The van der Waals surface area contributed by atoms with E-state index >= 15 is 0 Å². The van der Waals surface area contributed by atoms with Crippen LogP contribution in [-0.2, 0) is 0 Å². The average Bonchev–Trinajstić information content (AvgIpc) is 2.85. The fourth-order valence-corrected chi connectivity index (χ4v) is 4.11. The summed E-state index contributed by atoms with van der Waals surface area (Å²) in [6.45, 7) is 5.40. The number of aryl methyl sites for hydroxylation is 1. The largest absolute Gasteiger partial charge is 0.486 e. The predicted molar refractivity (Wildman–Crippen MR) is 106 cm³/mol. The van der Waals surface area contributed by atoms with Crippen molar-refractivity contribution in [3.05, 3.63) is 9.39 Å². The third-order valence-corrected chi connectivity index (χ3v) is 6.50. The summed E-state index contributed by atoms with van der Waals surface area (Å²) < 4.78 is 8.86. The molecule has 0 spiro atoms. The van der Waals surface area contributed by atoms with Gasteiger partial charge in [-0.15, -0.1) is 5.10 Å². The van der Waals surface area contributed by atoms with Crippen LogP contribution in [0.4, 0.5) is 11.5 Å². The van der Waals surface area contributed by atoms with Crippen LogP contribution >= 0.6 is 22.6 Å². The minimum Gasteiger partial charge on any atom is -0.486 e. The number of rotatable bonds is 2. The van der Waals surface area contributed by atoms with Gasteiger partial charge in [0.25, 0.3) is 0 Å². The van der Waals surface area contributed by atoms with Gasteiger partial charge in [0, 0.05) is 13.1 Å². The Bertz CT molecular complexity index is 809. The molecule has 0 bridgehead atoms. The lowest BCUT2D eigenvalue weighted by atomic mass is 9.83. The monoisotopic (exact) mass is 457 g/mol. The highest BCUT2D eigenvalue weighted by atomic mass is 127. The molecular formula is C17H24IN5O2. The van der Waals surface area contributed by atoms with E-state index in [0.29, 0.717) is 12.6 Å². The van der Waals surface area contributed by atoms with Crippen molar-refractivity contribution in [2.24, 2.45) is 0 Å². The van der Waals surface area contributed by atoms with E-state index < -0.39 is 5.60 Å². The molecule has 3 heterocycles. The number of hydrogen-bond donors (Lipinski definition) is 2. The maximum atomic E-state index is 10.2. The third kappa shape index (κ3) is 3.03. The smallest absolute Gasteiger partial charge is 0.200 e. The van der Waals surface area contributed by atoms with Gasteiger partial charge >= 0.3 is 0 Å². The second-order valence-corrected chi connectivity index (χ2v) is 8.46. The Balaban J connectivity index is 1.75. The number of nitrogens with zero attached hydrogens (tertiary/aromatic N) is 4. The fourth-order valence-electron chi connectivity index (χ4n) is 3.66.